The van der Waals surface area contributed by atoms with Gasteiger partial charge in [0, 0.05) is 43.4 Å². The van der Waals surface area contributed by atoms with E-state index in [1.54, 1.807) is 37.2 Å². The van der Waals surface area contributed by atoms with Crippen molar-refractivity contribution in [1.29, 1.82) is 0 Å². The Balaban J connectivity index is 0.000000157. The van der Waals surface area contributed by atoms with Crippen LogP contribution in [0.1, 0.15) is 16.8 Å². The Morgan fingerprint density at radius 1 is 0.667 bits per heavy atom. The van der Waals surface area contributed by atoms with Gasteiger partial charge < -0.3 is 0 Å². The van der Waals surface area contributed by atoms with Crippen molar-refractivity contribution in [3.05, 3.63) is 78.7 Å². The number of hydrogen-bond donors (Lipinski definition) is 0. The molecule has 3 aromatic rings. The quantitative estimate of drug-likeness (QED) is 0.634. The molecular formula is C16H19N5. The summed E-state index contributed by atoms with van der Waals surface area (Å²) in [6.07, 6.45) is 13.7. The van der Waals surface area contributed by atoms with Crippen molar-refractivity contribution in [3.63, 3.8) is 0 Å². The van der Waals surface area contributed by atoms with Crippen LogP contribution in [0, 0.1) is 20.8 Å². The van der Waals surface area contributed by atoms with Crippen LogP contribution < -0.4 is 0 Å². The first-order valence-corrected chi connectivity index (χ1v) is 6.49. The Morgan fingerprint density at radius 3 is 1.62 bits per heavy atom. The second-order valence-corrected chi connectivity index (χ2v) is 4.29. The van der Waals surface area contributed by atoms with Gasteiger partial charge in [0.15, 0.2) is 0 Å². The minimum atomic E-state index is 0.961. The normalized spacial score (nSPS) is 8.71. The van der Waals surface area contributed by atoms with Crippen molar-refractivity contribution in [2.24, 2.45) is 0 Å². The summed E-state index contributed by atoms with van der Waals surface area (Å²) in [4.78, 5) is 19.2. The standard InChI is InChI=1S/C6H7N.2C5H6N2/c1-6-3-2-4-7-5-6;1-5-2-6-4-7-3-5;1-5-4-6-2-3-7-5/h2-5H,1H3;2*2-4H,1H3. The second kappa shape index (κ2) is 10.1. The molecular weight excluding hydrogens is 262 g/mol. The highest BCUT2D eigenvalue weighted by molar-refractivity contribution is 5.04. The molecule has 0 radical (unpaired) electrons. The average molecular weight is 281 g/mol. The number of aromatic nitrogens is 5. The van der Waals surface area contributed by atoms with Gasteiger partial charge in [0.1, 0.15) is 6.33 Å². The van der Waals surface area contributed by atoms with Crippen LogP contribution in [0.4, 0.5) is 0 Å². The van der Waals surface area contributed by atoms with E-state index in [0.29, 0.717) is 0 Å². The Bertz CT molecular complexity index is 496. The maximum absolute atomic E-state index is 3.92. The van der Waals surface area contributed by atoms with Crippen molar-refractivity contribution in [2.75, 3.05) is 0 Å². The molecule has 0 atom stereocenters. The van der Waals surface area contributed by atoms with E-state index >= 15 is 0 Å². The highest BCUT2D eigenvalue weighted by atomic mass is 14.8. The van der Waals surface area contributed by atoms with Gasteiger partial charge in [-0.05, 0) is 38.0 Å². The molecule has 0 aliphatic rings. The van der Waals surface area contributed by atoms with Gasteiger partial charge in [-0.15, -0.1) is 0 Å². The maximum Gasteiger partial charge on any atom is 0.115 e. The van der Waals surface area contributed by atoms with E-state index in [4.69, 9.17) is 0 Å². The fraction of sp³-hybridized carbons (Fsp3) is 0.188. The highest BCUT2D eigenvalue weighted by Gasteiger charge is 1.75. The molecule has 0 saturated heterocycles. The Morgan fingerprint density at radius 2 is 1.33 bits per heavy atom. The number of hydrogen-bond acceptors (Lipinski definition) is 5. The molecule has 0 aliphatic carbocycles. The highest BCUT2D eigenvalue weighted by Crippen LogP contribution is 1.88. The van der Waals surface area contributed by atoms with Crippen molar-refractivity contribution < 1.29 is 0 Å². The molecule has 21 heavy (non-hydrogen) atoms. The molecule has 3 heterocycles. The summed E-state index contributed by atoms with van der Waals surface area (Å²) in [7, 11) is 0. The summed E-state index contributed by atoms with van der Waals surface area (Å²) in [5.41, 5.74) is 3.27. The molecule has 3 aromatic heterocycles. The number of rotatable bonds is 0. The lowest BCUT2D eigenvalue weighted by Crippen LogP contribution is -1.77. The summed E-state index contributed by atoms with van der Waals surface area (Å²) < 4.78 is 0. The molecule has 0 spiro atoms. The molecule has 5 heteroatoms. The van der Waals surface area contributed by atoms with Gasteiger partial charge in [0.2, 0.25) is 0 Å². The van der Waals surface area contributed by atoms with Crippen molar-refractivity contribution in [2.45, 2.75) is 20.8 Å². The fourth-order valence-electron chi connectivity index (χ4n) is 1.20. The van der Waals surface area contributed by atoms with Gasteiger partial charge in [-0.2, -0.15) is 0 Å². The zero-order chi connectivity index (χ0) is 15.3. The van der Waals surface area contributed by atoms with Crippen LogP contribution in [-0.4, -0.2) is 24.9 Å². The van der Waals surface area contributed by atoms with Crippen LogP contribution in [0.2, 0.25) is 0 Å². The second-order valence-electron chi connectivity index (χ2n) is 4.29. The largest absolute Gasteiger partial charge is 0.264 e. The predicted molar refractivity (Wildman–Crippen MR) is 82.5 cm³/mol. The summed E-state index contributed by atoms with van der Waals surface area (Å²) in [6, 6.07) is 3.95. The van der Waals surface area contributed by atoms with E-state index in [-0.39, 0.29) is 0 Å². The molecule has 0 aromatic carbocycles. The van der Waals surface area contributed by atoms with E-state index in [1.807, 2.05) is 39.1 Å². The van der Waals surface area contributed by atoms with E-state index < -0.39 is 0 Å². The summed E-state index contributed by atoms with van der Waals surface area (Å²) >= 11 is 0. The topological polar surface area (TPSA) is 64.5 Å². The minimum absolute atomic E-state index is 0.961. The lowest BCUT2D eigenvalue weighted by atomic mass is 10.3. The van der Waals surface area contributed by atoms with E-state index in [1.165, 1.54) is 11.9 Å². The zero-order valence-corrected chi connectivity index (χ0v) is 12.5. The van der Waals surface area contributed by atoms with Crippen LogP contribution in [0.5, 0.6) is 0 Å². The SMILES string of the molecule is Cc1cccnc1.Cc1cnccn1.Cc1cncnc1. The fourth-order valence-corrected chi connectivity index (χ4v) is 1.20. The molecule has 3 rings (SSSR count). The smallest absolute Gasteiger partial charge is 0.115 e. The summed E-state index contributed by atoms with van der Waals surface area (Å²) in [5, 5.41) is 0. The Hall–Kier alpha value is -2.69. The third-order valence-electron chi connectivity index (χ3n) is 2.19. The molecule has 0 fully saturated rings. The zero-order valence-electron chi connectivity index (χ0n) is 12.5. The molecule has 0 bridgehead atoms. The summed E-state index contributed by atoms with van der Waals surface area (Å²) in [6.45, 7) is 5.89. The number of nitrogens with zero attached hydrogens (tertiary/aromatic N) is 5. The average Bonchev–Trinajstić information content (AvgIpc) is 2.51. The van der Waals surface area contributed by atoms with Crippen molar-refractivity contribution >= 4 is 0 Å². The van der Waals surface area contributed by atoms with E-state index in [9.17, 15) is 0 Å². The van der Waals surface area contributed by atoms with Crippen molar-refractivity contribution in [3.8, 4) is 0 Å². The lowest BCUT2D eigenvalue weighted by Gasteiger charge is -1.82. The van der Waals surface area contributed by atoms with Gasteiger partial charge >= 0.3 is 0 Å². The van der Waals surface area contributed by atoms with E-state index in [2.05, 4.69) is 24.9 Å². The van der Waals surface area contributed by atoms with Gasteiger partial charge in [-0.25, -0.2) is 9.97 Å². The summed E-state index contributed by atoms with van der Waals surface area (Å²) in [5.74, 6) is 0. The van der Waals surface area contributed by atoms with Crippen LogP contribution in [-0.2, 0) is 0 Å². The Kier molecular flexibility index (Phi) is 7.90. The third-order valence-corrected chi connectivity index (χ3v) is 2.19. The molecule has 0 N–H and O–H groups in total. The van der Waals surface area contributed by atoms with Crippen LogP contribution in [0.25, 0.3) is 0 Å². The first-order chi connectivity index (χ1) is 10.2. The van der Waals surface area contributed by atoms with Gasteiger partial charge in [-0.3, -0.25) is 15.0 Å². The lowest BCUT2D eigenvalue weighted by molar-refractivity contribution is 1.12. The molecule has 0 saturated carbocycles. The first kappa shape index (κ1) is 16.4. The maximum atomic E-state index is 3.92. The predicted octanol–water partition coefficient (Wildman–Crippen LogP) is 2.96. The number of pyridine rings is 1. The molecule has 0 aliphatic heterocycles. The van der Waals surface area contributed by atoms with Gasteiger partial charge in [-0.1, -0.05) is 6.07 Å². The Labute approximate surface area is 125 Å². The van der Waals surface area contributed by atoms with E-state index in [0.717, 1.165) is 11.3 Å². The van der Waals surface area contributed by atoms with Crippen LogP contribution in [0.15, 0.2) is 61.8 Å². The number of aryl methyl sites for hydroxylation is 3. The van der Waals surface area contributed by atoms with Gasteiger partial charge in [0.25, 0.3) is 0 Å². The minimum Gasteiger partial charge on any atom is -0.264 e. The monoisotopic (exact) mass is 281 g/mol. The third kappa shape index (κ3) is 8.93. The molecule has 108 valence electrons. The van der Waals surface area contributed by atoms with Crippen molar-refractivity contribution in [1.82, 2.24) is 24.9 Å². The molecule has 0 unspecified atom stereocenters. The first-order valence-electron chi connectivity index (χ1n) is 6.49. The molecule has 0 amide bonds. The molecule has 5 nitrogen and oxygen atoms in total. The van der Waals surface area contributed by atoms with Crippen LogP contribution >= 0.6 is 0 Å². The van der Waals surface area contributed by atoms with Gasteiger partial charge in [0.05, 0.1) is 5.69 Å². The van der Waals surface area contributed by atoms with Crippen LogP contribution in [0.3, 0.4) is 0 Å².